The van der Waals surface area contributed by atoms with Crippen molar-refractivity contribution in [3.05, 3.63) is 181 Å². The highest BCUT2D eigenvalue weighted by molar-refractivity contribution is 6.27. The smallest absolute Gasteiger partial charge is 0.238 e. The second-order valence-electron chi connectivity index (χ2n) is 12.5. The topological polar surface area (TPSA) is 69.9 Å². The van der Waals surface area contributed by atoms with E-state index in [1.54, 1.807) is 30.3 Å². The summed E-state index contributed by atoms with van der Waals surface area (Å²) in [5.41, 5.74) is -5.70. The predicted octanol–water partition coefficient (Wildman–Crippen LogP) is 13.4. The average Bonchev–Trinajstić information content (AvgIpc) is 2.56. The molecule has 57 heavy (non-hydrogen) atoms. The van der Waals surface area contributed by atoms with Gasteiger partial charge in [0.25, 0.3) is 0 Å². The van der Waals surface area contributed by atoms with Crippen LogP contribution in [-0.2, 0) is 0 Å². The molecule has 0 radical (unpaired) electrons. The Bertz CT molecular complexity index is 4940. The molecular weight excluding hydrogens is 701 g/mol. The molecule has 0 atom stereocenters. The molecule has 0 N–H and O–H groups in total. The summed E-state index contributed by atoms with van der Waals surface area (Å²) in [6, 6.07) is -11.7. The summed E-state index contributed by atoms with van der Waals surface area (Å²) < 4.78 is 238. The Kier molecular flexibility index (Phi) is 3.41. The van der Waals surface area contributed by atoms with E-state index in [4.69, 9.17) is 28.0 Å². The molecule has 4 heterocycles. The van der Waals surface area contributed by atoms with Crippen LogP contribution in [-0.4, -0.2) is 19.5 Å². The SMILES string of the molecule is [2H]c1c([2H])c([2H])c(-c2c([2H])c([2H])c([2H])c3oc4c([2H])c(-c5nc(-c6c([2H])c([2H])c(-c7ccccc7)c([2H])c6[2H])nc(-n6c7c([2H])c([2H])c([2H])c([2H])c7c7c8c(oc9c([2H])c([2H])c([2H])c([2H])c98)c([2H])c([2H])c76)n5)c([2H])c([2H])c4c23)c([2H])c1[2H]. The van der Waals surface area contributed by atoms with Gasteiger partial charge >= 0.3 is 0 Å². The Hall–Kier alpha value is -7.83. The molecule has 4 aromatic heterocycles. The van der Waals surface area contributed by atoms with E-state index >= 15 is 0 Å². The lowest BCUT2D eigenvalue weighted by Crippen LogP contribution is -2.06. The zero-order valence-corrected chi connectivity index (χ0v) is 28.5. The van der Waals surface area contributed by atoms with E-state index in [0.717, 1.165) is 4.57 Å². The maximum absolute atomic E-state index is 9.75. The van der Waals surface area contributed by atoms with E-state index in [0.29, 0.717) is 0 Å². The average molecular weight is 756 g/mol. The van der Waals surface area contributed by atoms with Crippen LogP contribution < -0.4 is 0 Å². The van der Waals surface area contributed by atoms with Gasteiger partial charge in [0.05, 0.1) is 45.3 Å². The second kappa shape index (κ2) is 12.3. The van der Waals surface area contributed by atoms with Crippen molar-refractivity contribution in [3.8, 4) is 51.0 Å². The highest BCUT2D eigenvalue weighted by Gasteiger charge is 2.22. The van der Waals surface area contributed by atoms with Gasteiger partial charge in [0.15, 0.2) is 11.6 Å². The van der Waals surface area contributed by atoms with E-state index in [1.165, 1.54) is 0 Å². The van der Waals surface area contributed by atoms with Crippen molar-refractivity contribution in [3.63, 3.8) is 0 Å². The van der Waals surface area contributed by atoms with Crippen molar-refractivity contribution in [1.82, 2.24) is 19.5 Å². The van der Waals surface area contributed by atoms with E-state index in [1.807, 2.05) is 0 Å². The summed E-state index contributed by atoms with van der Waals surface area (Å²) in [6.45, 7) is 0. The van der Waals surface area contributed by atoms with Crippen LogP contribution in [0.25, 0.3) is 117 Å². The molecular formula is C51H30N4O2. The van der Waals surface area contributed by atoms with Gasteiger partial charge in [0.1, 0.15) is 22.3 Å². The summed E-state index contributed by atoms with van der Waals surface area (Å²) in [5.74, 6) is -2.38. The van der Waals surface area contributed by atoms with Gasteiger partial charge in [-0.15, -0.1) is 0 Å². The van der Waals surface area contributed by atoms with E-state index < -0.39 is 240 Å². The largest absolute Gasteiger partial charge is 0.456 e. The third-order valence-electron chi connectivity index (χ3n) is 9.26. The molecule has 0 spiro atoms. The van der Waals surface area contributed by atoms with Crippen LogP contribution in [0.5, 0.6) is 0 Å². The van der Waals surface area contributed by atoms with Crippen molar-refractivity contribution in [2.24, 2.45) is 0 Å². The summed E-state index contributed by atoms with van der Waals surface area (Å²) in [6.07, 6.45) is 0. The quantitative estimate of drug-likeness (QED) is 0.175. The number of hydrogen-bond donors (Lipinski definition) is 0. The minimum Gasteiger partial charge on any atom is -0.456 e. The number of hydrogen-bond acceptors (Lipinski definition) is 5. The monoisotopic (exact) mass is 755 g/mol. The molecule has 0 bridgehead atoms. The lowest BCUT2D eigenvalue weighted by molar-refractivity contribution is 0.669. The molecule has 0 aliphatic carbocycles. The molecule has 0 amide bonds. The molecule has 12 rings (SSSR count). The summed E-state index contributed by atoms with van der Waals surface area (Å²) in [5, 5.41) is -2.34. The number of aromatic nitrogens is 4. The van der Waals surface area contributed by atoms with Crippen molar-refractivity contribution < 1.29 is 43.1 Å². The number of nitrogens with zero attached hydrogens (tertiary/aromatic N) is 4. The van der Waals surface area contributed by atoms with Gasteiger partial charge < -0.3 is 8.83 Å². The third-order valence-corrected chi connectivity index (χ3v) is 9.26. The first-order chi connectivity index (χ1) is 38.7. The number of furan rings is 2. The van der Waals surface area contributed by atoms with Crippen LogP contribution >= 0.6 is 0 Å². The molecule has 0 saturated heterocycles. The second-order valence-corrected chi connectivity index (χ2v) is 12.5. The molecule has 0 aliphatic rings. The van der Waals surface area contributed by atoms with Gasteiger partial charge in [0, 0.05) is 43.4 Å². The zero-order chi connectivity index (χ0) is 59.2. The molecule has 12 aromatic rings. The Labute approximate surface area is 361 Å². The molecule has 8 aromatic carbocycles. The maximum atomic E-state index is 9.75. The molecule has 0 fully saturated rings. The van der Waals surface area contributed by atoms with Crippen molar-refractivity contribution in [2.75, 3.05) is 0 Å². The first-order valence-corrected chi connectivity index (χ1v) is 17.0. The highest BCUT2D eigenvalue weighted by atomic mass is 16.3. The van der Waals surface area contributed by atoms with E-state index in [2.05, 4.69) is 15.0 Å². The van der Waals surface area contributed by atoms with Crippen LogP contribution in [0.2, 0.25) is 0 Å². The molecule has 0 saturated carbocycles. The fourth-order valence-corrected chi connectivity index (χ4v) is 6.81. The van der Waals surface area contributed by atoms with Crippen LogP contribution in [0.15, 0.2) is 190 Å². The van der Waals surface area contributed by atoms with Gasteiger partial charge in [-0.25, -0.2) is 4.98 Å². The lowest BCUT2D eigenvalue weighted by atomic mass is 9.99. The standard InChI is InChI=1S/C51H30N4O2/c1-3-12-31(13-4-1)32-22-24-34(25-23-32)49-52-50(35-26-27-39-45(30-35)57-43-21-11-18-36(46(39)43)33-14-5-2-6-15-33)54-51(53-49)55-40-19-9-7-16-37(40)47-41(55)28-29-44-48(47)38-17-8-10-20-42(38)56-44/h1-30H/i2D,5D,6D,7D,8D,9D,10D,11D,14D,15D,16D,17D,18D,19D,20D,21D,22D,23D,24D,25D,26D,27D,28D,29D,30D. The van der Waals surface area contributed by atoms with Gasteiger partial charge in [-0.2, -0.15) is 9.97 Å². The lowest BCUT2D eigenvalue weighted by Gasteiger charge is -2.11. The van der Waals surface area contributed by atoms with Gasteiger partial charge in [-0.3, -0.25) is 4.57 Å². The van der Waals surface area contributed by atoms with E-state index in [-0.39, 0.29) is 27.3 Å². The number of fused-ring (bicyclic) bond motifs is 10. The molecule has 0 aliphatic heterocycles. The van der Waals surface area contributed by atoms with E-state index in [9.17, 15) is 15.1 Å². The molecule has 6 nitrogen and oxygen atoms in total. The van der Waals surface area contributed by atoms with Gasteiger partial charge in [-0.1, -0.05) is 139 Å². The minimum atomic E-state index is -0.943. The van der Waals surface area contributed by atoms with Crippen LogP contribution in [0.3, 0.4) is 0 Å². The predicted molar refractivity (Wildman–Crippen MR) is 230 cm³/mol. The number of benzene rings is 8. The first kappa shape index (κ1) is 15.7. The van der Waals surface area contributed by atoms with Gasteiger partial charge in [0.2, 0.25) is 5.95 Å². The highest BCUT2D eigenvalue weighted by Crippen LogP contribution is 2.42. The van der Waals surface area contributed by atoms with Crippen LogP contribution in [0.4, 0.5) is 0 Å². The zero-order valence-electron chi connectivity index (χ0n) is 53.5. The number of rotatable bonds is 5. The maximum Gasteiger partial charge on any atom is 0.238 e. The molecule has 0 unspecified atom stereocenters. The Morgan fingerprint density at radius 1 is 0.404 bits per heavy atom. The Morgan fingerprint density at radius 2 is 1.07 bits per heavy atom. The minimum absolute atomic E-state index is 0.150. The summed E-state index contributed by atoms with van der Waals surface area (Å²) in [4.78, 5) is 13.7. The summed E-state index contributed by atoms with van der Waals surface area (Å²) >= 11 is 0. The Morgan fingerprint density at radius 3 is 1.93 bits per heavy atom. The normalized spacial score (nSPS) is 18.0. The summed E-state index contributed by atoms with van der Waals surface area (Å²) in [7, 11) is 0. The first-order valence-electron chi connectivity index (χ1n) is 29.5. The number of para-hydroxylation sites is 2. The van der Waals surface area contributed by atoms with Crippen LogP contribution in [0, 0.1) is 0 Å². The Balaban J connectivity index is 1.27. The molecule has 266 valence electrons. The fourth-order valence-electron chi connectivity index (χ4n) is 6.81. The van der Waals surface area contributed by atoms with Crippen LogP contribution in [0.1, 0.15) is 34.3 Å². The fraction of sp³-hybridized carbons (Fsp3) is 0. The van der Waals surface area contributed by atoms with Crippen molar-refractivity contribution >= 4 is 65.7 Å². The van der Waals surface area contributed by atoms with Gasteiger partial charge in [-0.05, 0) is 64.6 Å². The van der Waals surface area contributed by atoms with Crippen molar-refractivity contribution in [1.29, 1.82) is 0 Å². The molecule has 6 heteroatoms. The van der Waals surface area contributed by atoms with Crippen molar-refractivity contribution in [2.45, 2.75) is 0 Å². The third kappa shape index (κ3) is 4.94.